The highest BCUT2D eigenvalue weighted by Gasteiger charge is 2.34. The number of urea groups is 1. The summed E-state index contributed by atoms with van der Waals surface area (Å²) in [5.74, 6) is -0.660. The molecule has 0 atom stereocenters. The summed E-state index contributed by atoms with van der Waals surface area (Å²) in [6, 6.07) is 13.0. The van der Waals surface area contributed by atoms with Crippen LogP contribution in [0, 0.1) is 10.5 Å². The Morgan fingerprint density at radius 3 is 2.54 bits per heavy atom. The number of carbonyl (C=O) groups is 4. The van der Waals surface area contributed by atoms with Gasteiger partial charge in [-0.15, -0.1) is 0 Å². The molecular weight excluding hydrogens is 621 g/mol. The molecular formula is C27H24IN3O8. The monoisotopic (exact) mass is 645 g/mol. The van der Waals surface area contributed by atoms with Crippen LogP contribution in [0.15, 0.2) is 58.6 Å². The number of imide groups is 1. The van der Waals surface area contributed by atoms with Crippen molar-refractivity contribution in [3.05, 3.63) is 80.4 Å². The molecule has 0 saturated carbocycles. The second kappa shape index (κ2) is 12.0. The number of ether oxygens (including phenoxy) is 3. The van der Waals surface area contributed by atoms with Crippen molar-refractivity contribution >= 4 is 58.2 Å². The average Bonchev–Trinajstić information content (AvgIpc) is 3.49. The number of nitrogens with zero attached hydrogens (tertiary/aromatic N) is 1. The number of benzene rings is 2. The van der Waals surface area contributed by atoms with Crippen LogP contribution in [0.5, 0.6) is 11.5 Å². The normalized spacial score (nSPS) is 13.8. The number of esters is 1. The van der Waals surface area contributed by atoms with Crippen molar-refractivity contribution in [2.75, 3.05) is 26.1 Å². The van der Waals surface area contributed by atoms with Gasteiger partial charge < -0.3 is 29.3 Å². The molecule has 0 aliphatic carbocycles. The van der Waals surface area contributed by atoms with Gasteiger partial charge in [0.2, 0.25) is 5.76 Å². The first-order chi connectivity index (χ1) is 18.7. The zero-order chi connectivity index (χ0) is 28.1. The highest BCUT2D eigenvalue weighted by atomic mass is 127. The van der Waals surface area contributed by atoms with Crippen LogP contribution in [-0.4, -0.2) is 49.5 Å². The third-order valence-corrected chi connectivity index (χ3v) is 6.37. The molecule has 2 heterocycles. The molecule has 202 valence electrons. The summed E-state index contributed by atoms with van der Waals surface area (Å²) in [4.78, 5) is 50.3. The Bertz CT molecular complexity index is 1460. The molecule has 39 heavy (non-hydrogen) atoms. The third-order valence-electron chi connectivity index (χ3n) is 5.57. The van der Waals surface area contributed by atoms with E-state index in [-0.39, 0.29) is 36.3 Å². The molecule has 0 spiro atoms. The maximum atomic E-state index is 12.9. The van der Waals surface area contributed by atoms with E-state index in [1.54, 1.807) is 24.3 Å². The van der Waals surface area contributed by atoms with E-state index in [2.05, 4.69) is 15.4 Å². The smallest absolute Gasteiger partial charge is 0.373 e. The van der Waals surface area contributed by atoms with Crippen LogP contribution in [0.3, 0.4) is 0 Å². The largest absolute Gasteiger partial charge is 0.493 e. The maximum Gasteiger partial charge on any atom is 0.373 e. The summed E-state index contributed by atoms with van der Waals surface area (Å²) in [7, 11) is 2.68. The fourth-order valence-corrected chi connectivity index (χ4v) is 4.43. The number of furan rings is 1. The van der Waals surface area contributed by atoms with Crippen molar-refractivity contribution in [3.63, 3.8) is 0 Å². The number of halogens is 1. The van der Waals surface area contributed by atoms with Crippen molar-refractivity contribution in [3.8, 4) is 11.5 Å². The van der Waals surface area contributed by atoms with Gasteiger partial charge in [-0.25, -0.2) is 9.59 Å². The molecule has 11 nitrogen and oxygen atoms in total. The lowest BCUT2D eigenvalue weighted by Gasteiger charge is -2.14. The number of nitrogens with one attached hydrogen (secondary N) is 2. The first-order valence-corrected chi connectivity index (χ1v) is 12.6. The lowest BCUT2D eigenvalue weighted by atomic mass is 10.1. The van der Waals surface area contributed by atoms with Gasteiger partial charge in [-0.3, -0.25) is 14.5 Å². The van der Waals surface area contributed by atoms with E-state index in [1.165, 1.54) is 32.4 Å². The van der Waals surface area contributed by atoms with Gasteiger partial charge in [0.25, 0.3) is 11.8 Å². The number of methoxy groups -OCH3 is 2. The summed E-state index contributed by atoms with van der Waals surface area (Å²) in [6.07, 6.45) is 1.50. The molecule has 2 aromatic carbocycles. The predicted molar refractivity (Wildman–Crippen MR) is 148 cm³/mol. The van der Waals surface area contributed by atoms with Crippen LogP contribution in [0.25, 0.3) is 6.08 Å². The minimum Gasteiger partial charge on any atom is -0.493 e. The van der Waals surface area contributed by atoms with Gasteiger partial charge in [0.1, 0.15) is 11.5 Å². The first-order valence-electron chi connectivity index (χ1n) is 11.6. The lowest BCUT2D eigenvalue weighted by molar-refractivity contribution is -0.123. The Balaban J connectivity index is 1.45. The first kappa shape index (κ1) is 27.7. The Hall–Kier alpha value is -4.33. The quantitative estimate of drug-likeness (QED) is 0.154. The van der Waals surface area contributed by atoms with Gasteiger partial charge in [-0.2, -0.15) is 0 Å². The van der Waals surface area contributed by atoms with Crippen molar-refractivity contribution < 1.29 is 37.8 Å². The summed E-state index contributed by atoms with van der Waals surface area (Å²) < 4.78 is 21.8. The molecule has 0 unspecified atom stereocenters. The molecule has 1 aliphatic rings. The predicted octanol–water partition coefficient (Wildman–Crippen LogP) is 4.10. The van der Waals surface area contributed by atoms with Crippen LogP contribution in [-0.2, 0) is 20.9 Å². The number of carbonyl (C=O) groups excluding carboxylic acids is 4. The second-order valence-corrected chi connectivity index (χ2v) is 9.54. The van der Waals surface area contributed by atoms with E-state index in [4.69, 9.17) is 13.9 Å². The van der Waals surface area contributed by atoms with E-state index in [0.29, 0.717) is 26.3 Å². The molecule has 1 aliphatic heterocycles. The fraction of sp³-hybridized carbons (Fsp3) is 0.185. The topological polar surface area (TPSA) is 136 Å². The number of hydrogen-bond acceptors (Lipinski definition) is 8. The fourth-order valence-electron chi connectivity index (χ4n) is 3.65. The molecule has 12 heteroatoms. The summed E-state index contributed by atoms with van der Waals surface area (Å²) in [5.41, 5.74) is 2.34. The molecule has 0 bridgehead atoms. The van der Waals surface area contributed by atoms with E-state index in [0.717, 1.165) is 10.5 Å². The molecule has 1 aromatic heterocycles. The van der Waals surface area contributed by atoms with Crippen molar-refractivity contribution in [2.45, 2.75) is 13.5 Å². The molecule has 0 radical (unpaired) electrons. The number of hydrogen-bond donors (Lipinski definition) is 2. The highest BCUT2D eigenvalue weighted by Crippen LogP contribution is 2.35. The number of rotatable bonds is 9. The van der Waals surface area contributed by atoms with Gasteiger partial charge >= 0.3 is 12.0 Å². The minimum atomic E-state index is -0.665. The van der Waals surface area contributed by atoms with Crippen LogP contribution in [0.4, 0.5) is 10.5 Å². The molecule has 1 fully saturated rings. The van der Waals surface area contributed by atoms with Gasteiger partial charge in [0.05, 0.1) is 24.3 Å². The molecule has 4 amide bonds. The van der Waals surface area contributed by atoms with Gasteiger partial charge in [-0.1, -0.05) is 17.7 Å². The molecule has 1 saturated heterocycles. The zero-order valence-electron chi connectivity index (χ0n) is 21.2. The number of amides is 4. The number of aryl methyl sites for hydroxylation is 1. The SMILES string of the molecule is COC(=O)c1ccc(CN2C(=O)N/C(=C\c3cc(I)c(OCC(=O)Nc4ccc(C)cc4)c(OC)c3)C2=O)o1. The van der Waals surface area contributed by atoms with Crippen LogP contribution in [0.2, 0.25) is 0 Å². The van der Waals surface area contributed by atoms with E-state index >= 15 is 0 Å². The maximum absolute atomic E-state index is 12.9. The molecule has 4 rings (SSSR count). The highest BCUT2D eigenvalue weighted by molar-refractivity contribution is 14.1. The van der Waals surface area contributed by atoms with Gasteiger partial charge in [-0.05, 0) is 77.6 Å². The summed E-state index contributed by atoms with van der Waals surface area (Å²) in [5, 5.41) is 5.31. The third kappa shape index (κ3) is 6.57. The van der Waals surface area contributed by atoms with Gasteiger partial charge in [0.15, 0.2) is 18.1 Å². The Labute approximate surface area is 237 Å². The summed E-state index contributed by atoms with van der Waals surface area (Å²) >= 11 is 2.04. The Morgan fingerprint density at radius 2 is 1.85 bits per heavy atom. The molecule has 2 N–H and O–H groups in total. The lowest BCUT2D eigenvalue weighted by Crippen LogP contribution is -2.30. The van der Waals surface area contributed by atoms with Crippen LogP contribution >= 0.6 is 22.6 Å². The van der Waals surface area contributed by atoms with E-state index in [1.807, 2.05) is 41.6 Å². The van der Waals surface area contributed by atoms with E-state index < -0.39 is 17.9 Å². The van der Waals surface area contributed by atoms with Crippen LogP contribution < -0.4 is 20.1 Å². The minimum absolute atomic E-state index is 0.0353. The van der Waals surface area contributed by atoms with Crippen molar-refractivity contribution in [1.29, 1.82) is 0 Å². The average molecular weight is 645 g/mol. The van der Waals surface area contributed by atoms with E-state index in [9.17, 15) is 19.2 Å². The molecule has 3 aromatic rings. The van der Waals surface area contributed by atoms with Crippen molar-refractivity contribution in [2.24, 2.45) is 0 Å². The standard InChI is InChI=1S/C27H24IN3O8/c1-15-4-6-17(7-5-15)29-23(32)14-38-24-19(28)10-16(12-22(24)36-2)11-20-25(33)31(27(35)30-20)13-18-8-9-21(39-18)26(34)37-3/h4-12H,13-14H2,1-3H3,(H,29,32)(H,30,35)/b20-11-. The Morgan fingerprint density at radius 1 is 1.10 bits per heavy atom. The van der Waals surface area contributed by atoms with Gasteiger partial charge in [0, 0.05) is 5.69 Å². The zero-order valence-corrected chi connectivity index (χ0v) is 23.4. The van der Waals surface area contributed by atoms with Crippen molar-refractivity contribution in [1.82, 2.24) is 10.2 Å². The summed E-state index contributed by atoms with van der Waals surface area (Å²) in [6.45, 7) is 1.55. The van der Waals surface area contributed by atoms with Crippen LogP contribution in [0.1, 0.15) is 27.4 Å². The Kier molecular flexibility index (Phi) is 8.54. The number of anilines is 1. The second-order valence-electron chi connectivity index (χ2n) is 8.37.